The summed E-state index contributed by atoms with van der Waals surface area (Å²) in [6, 6.07) is 5.24. The zero-order valence-electron chi connectivity index (χ0n) is 15.9. The maximum Gasteiger partial charge on any atom is 0.339 e. The molecule has 0 saturated carbocycles. The van der Waals surface area contributed by atoms with Crippen LogP contribution in [0.1, 0.15) is 16.1 Å². The summed E-state index contributed by atoms with van der Waals surface area (Å²) in [6.45, 7) is 2.29. The van der Waals surface area contributed by atoms with Gasteiger partial charge in [0.05, 0.1) is 23.2 Å². The molecule has 3 aromatic rings. The molecule has 0 bridgehead atoms. The number of hydrogen-bond donors (Lipinski definition) is 0. The van der Waals surface area contributed by atoms with Crippen LogP contribution in [-0.2, 0) is 16.2 Å². The molecule has 3 rings (SSSR count). The number of nitrogens with zero attached hydrogens (tertiary/aromatic N) is 5. The summed E-state index contributed by atoms with van der Waals surface area (Å²) in [5.74, 6) is 0.0465. The Morgan fingerprint density at radius 2 is 2.14 bits per heavy atom. The van der Waals surface area contributed by atoms with Crippen molar-refractivity contribution in [1.29, 1.82) is 0 Å². The molecule has 10 heteroatoms. The first-order valence-corrected chi connectivity index (χ1v) is 10.3. The van der Waals surface area contributed by atoms with Crippen LogP contribution in [0.3, 0.4) is 0 Å². The van der Waals surface area contributed by atoms with Crippen molar-refractivity contribution in [2.75, 3.05) is 20.5 Å². The Balaban J connectivity index is 2.02. The van der Waals surface area contributed by atoms with E-state index in [0.717, 1.165) is 21.4 Å². The van der Waals surface area contributed by atoms with Crippen LogP contribution in [0.2, 0.25) is 0 Å². The van der Waals surface area contributed by atoms with Crippen LogP contribution < -0.4 is 4.80 Å². The second kappa shape index (κ2) is 9.09. The predicted octanol–water partition coefficient (Wildman–Crippen LogP) is 3.05. The number of hydrogen-bond acceptors (Lipinski definition) is 9. The molecular formula is C18H19N5O3S2. The minimum Gasteiger partial charge on any atom is -0.465 e. The highest BCUT2D eigenvalue weighted by atomic mass is 32.2. The fraction of sp³-hybridized carbons (Fsp3) is 0.278. The van der Waals surface area contributed by atoms with Crippen LogP contribution in [0.4, 0.5) is 5.82 Å². The molecule has 0 atom stereocenters. The third-order valence-corrected chi connectivity index (χ3v) is 5.23. The monoisotopic (exact) mass is 417 g/mol. The van der Waals surface area contributed by atoms with Crippen LogP contribution in [-0.4, -0.2) is 46.0 Å². The van der Waals surface area contributed by atoms with Gasteiger partial charge in [-0.15, -0.1) is 0 Å². The van der Waals surface area contributed by atoms with Crippen molar-refractivity contribution < 1.29 is 14.3 Å². The van der Waals surface area contributed by atoms with Crippen molar-refractivity contribution in [3.8, 4) is 10.6 Å². The molecule has 3 aromatic heterocycles. The number of pyridine rings is 1. The lowest BCUT2D eigenvalue weighted by Gasteiger charge is -2.02. The molecule has 0 saturated heterocycles. The predicted molar refractivity (Wildman–Crippen MR) is 108 cm³/mol. The molecule has 0 aliphatic rings. The number of aryl methyl sites for hydroxylation is 1. The fourth-order valence-corrected chi connectivity index (χ4v) is 3.74. The number of rotatable bonds is 6. The second-order valence-electron chi connectivity index (χ2n) is 5.66. The molecule has 0 N–H and O–H groups in total. The third-order valence-electron chi connectivity index (χ3n) is 3.64. The Kier molecular flexibility index (Phi) is 6.55. The summed E-state index contributed by atoms with van der Waals surface area (Å²) in [6.07, 6.45) is 5.34. The number of aromatic nitrogens is 4. The van der Waals surface area contributed by atoms with Gasteiger partial charge in [-0.2, -0.15) is 0 Å². The molecule has 8 nitrogen and oxygen atoms in total. The van der Waals surface area contributed by atoms with Gasteiger partial charge in [-0.1, -0.05) is 23.1 Å². The molecule has 0 amide bonds. The van der Waals surface area contributed by atoms with E-state index >= 15 is 0 Å². The zero-order chi connectivity index (χ0) is 20.1. The van der Waals surface area contributed by atoms with Crippen LogP contribution >= 0.6 is 23.1 Å². The first kappa shape index (κ1) is 20.2. The third kappa shape index (κ3) is 4.64. The molecule has 3 heterocycles. The SMILES string of the molecule is COCn1cc(-c2cc(C)nc(SC)n2)sc1=Nc1ccc(C(=O)OC)cn1. The van der Waals surface area contributed by atoms with E-state index in [1.54, 1.807) is 19.2 Å². The molecule has 0 unspecified atom stereocenters. The molecular weight excluding hydrogens is 398 g/mol. The first-order valence-electron chi connectivity index (χ1n) is 8.22. The lowest BCUT2D eigenvalue weighted by Crippen LogP contribution is -2.14. The summed E-state index contributed by atoms with van der Waals surface area (Å²) < 4.78 is 11.8. The van der Waals surface area contributed by atoms with Crippen LogP contribution in [0.15, 0.2) is 40.7 Å². The Bertz CT molecular complexity index is 1040. The van der Waals surface area contributed by atoms with Crippen molar-refractivity contribution in [2.24, 2.45) is 4.99 Å². The average Bonchev–Trinajstić information content (AvgIpc) is 3.10. The normalized spacial score (nSPS) is 11.6. The number of carbonyl (C=O) groups is 1. The summed E-state index contributed by atoms with van der Waals surface area (Å²) in [7, 11) is 2.96. The minimum absolute atomic E-state index is 0.342. The Labute approximate surface area is 170 Å². The van der Waals surface area contributed by atoms with Crippen molar-refractivity contribution in [1.82, 2.24) is 19.5 Å². The highest BCUT2D eigenvalue weighted by Crippen LogP contribution is 2.23. The van der Waals surface area contributed by atoms with E-state index in [1.165, 1.54) is 36.4 Å². The van der Waals surface area contributed by atoms with Gasteiger partial charge in [0.25, 0.3) is 0 Å². The summed E-state index contributed by atoms with van der Waals surface area (Å²) in [5, 5.41) is 0.722. The van der Waals surface area contributed by atoms with Gasteiger partial charge in [0.2, 0.25) is 0 Å². The van der Waals surface area contributed by atoms with E-state index < -0.39 is 5.97 Å². The van der Waals surface area contributed by atoms with E-state index in [0.29, 0.717) is 22.9 Å². The Morgan fingerprint density at radius 3 is 2.79 bits per heavy atom. The van der Waals surface area contributed by atoms with Gasteiger partial charge in [0.15, 0.2) is 15.8 Å². The quantitative estimate of drug-likeness (QED) is 0.346. The number of esters is 1. The standard InChI is InChI=1S/C18H19N5O3S2/c1-11-7-13(21-17(20-11)27-4)14-9-23(10-25-2)18(28-14)22-15-6-5-12(8-19-15)16(24)26-3/h5-9H,10H2,1-4H3. The van der Waals surface area contributed by atoms with E-state index in [1.807, 2.05) is 30.0 Å². The van der Waals surface area contributed by atoms with Gasteiger partial charge in [0.1, 0.15) is 6.73 Å². The lowest BCUT2D eigenvalue weighted by atomic mass is 10.3. The number of methoxy groups -OCH3 is 2. The zero-order valence-corrected chi connectivity index (χ0v) is 17.5. The summed E-state index contributed by atoms with van der Waals surface area (Å²) in [4.78, 5) is 31.0. The fourth-order valence-electron chi connectivity index (χ4n) is 2.36. The summed E-state index contributed by atoms with van der Waals surface area (Å²) >= 11 is 2.98. The molecule has 0 aromatic carbocycles. The number of thioether (sulfide) groups is 1. The van der Waals surface area contributed by atoms with Crippen molar-refractivity contribution in [3.05, 3.63) is 46.7 Å². The molecule has 146 valence electrons. The van der Waals surface area contributed by atoms with Gasteiger partial charge < -0.3 is 9.47 Å². The van der Waals surface area contributed by atoms with Crippen molar-refractivity contribution >= 4 is 34.9 Å². The van der Waals surface area contributed by atoms with E-state index in [-0.39, 0.29) is 0 Å². The van der Waals surface area contributed by atoms with Crippen molar-refractivity contribution in [3.63, 3.8) is 0 Å². The smallest absolute Gasteiger partial charge is 0.339 e. The van der Waals surface area contributed by atoms with Gasteiger partial charge in [-0.3, -0.25) is 4.57 Å². The first-order chi connectivity index (χ1) is 13.5. The number of carbonyl (C=O) groups excluding carboxylic acids is 1. The van der Waals surface area contributed by atoms with E-state index in [9.17, 15) is 4.79 Å². The molecule has 0 aliphatic heterocycles. The van der Waals surface area contributed by atoms with E-state index in [4.69, 9.17) is 4.74 Å². The van der Waals surface area contributed by atoms with Gasteiger partial charge in [-0.05, 0) is 31.4 Å². The second-order valence-corrected chi connectivity index (χ2v) is 7.44. The molecule has 28 heavy (non-hydrogen) atoms. The van der Waals surface area contributed by atoms with Crippen LogP contribution in [0.5, 0.6) is 0 Å². The van der Waals surface area contributed by atoms with Crippen LogP contribution in [0, 0.1) is 6.92 Å². The van der Waals surface area contributed by atoms with Gasteiger partial charge >= 0.3 is 5.97 Å². The number of thiazole rings is 1. The Hall–Kier alpha value is -2.56. The minimum atomic E-state index is -0.435. The Morgan fingerprint density at radius 1 is 1.32 bits per heavy atom. The van der Waals surface area contributed by atoms with E-state index in [2.05, 4.69) is 24.7 Å². The van der Waals surface area contributed by atoms with Gasteiger partial charge in [0, 0.05) is 25.2 Å². The average molecular weight is 418 g/mol. The largest absolute Gasteiger partial charge is 0.465 e. The summed E-state index contributed by atoms with van der Waals surface area (Å²) in [5.41, 5.74) is 2.11. The maximum absolute atomic E-state index is 11.5. The van der Waals surface area contributed by atoms with Gasteiger partial charge in [-0.25, -0.2) is 24.7 Å². The topological polar surface area (TPSA) is 91.5 Å². The maximum atomic E-state index is 11.5. The van der Waals surface area contributed by atoms with Crippen LogP contribution in [0.25, 0.3) is 10.6 Å². The highest BCUT2D eigenvalue weighted by Gasteiger charge is 2.10. The lowest BCUT2D eigenvalue weighted by molar-refractivity contribution is 0.0600. The molecule has 0 aliphatic carbocycles. The highest BCUT2D eigenvalue weighted by molar-refractivity contribution is 7.98. The molecule has 0 spiro atoms. The molecule has 0 radical (unpaired) electrons. The van der Waals surface area contributed by atoms with Crippen molar-refractivity contribution in [2.45, 2.75) is 18.8 Å². The molecule has 0 fully saturated rings. The number of ether oxygens (including phenoxy) is 2.